The zero-order valence-electron chi connectivity index (χ0n) is 11.8. The van der Waals surface area contributed by atoms with Crippen LogP contribution in [0.25, 0.3) is 10.8 Å². The van der Waals surface area contributed by atoms with Crippen LogP contribution in [-0.4, -0.2) is 11.9 Å². The Morgan fingerprint density at radius 3 is 2.29 bits per heavy atom. The van der Waals surface area contributed by atoms with Crippen molar-refractivity contribution in [1.29, 1.82) is 0 Å². The van der Waals surface area contributed by atoms with Gasteiger partial charge in [0.25, 0.3) is 0 Å². The van der Waals surface area contributed by atoms with Crippen LogP contribution in [0.5, 0.6) is 5.75 Å². The minimum Gasteiger partial charge on any atom is -0.483 e. The maximum absolute atomic E-state index is 12.3. The topological polar surface area (TPSA) is 26.3 Å². The molecule has 0 saturated carbocycles. The Balaban J connectivity index is 1.80. The highest BCUT2D eigenvalue weighted by molar-refractivity contribution is 5.99. The normalized spacial score (nSPS) is 12.0. The zero-order valence-corrected chi connectivity index (χ0v) is 11.8. The summed E-state index contributed by atoms with van der Waals surface area (Å²) < 4.78 is 5.79. The Bertz CT molecular complexity index is 763. The fraction of sp³-hybridized carbons (Fsp3) is 0.105. The molecule has 0 N–H and O–H groups in total. The maximum Gasteiger partial charge on any atom is 0.202 e. The van der Waals surface area contributed by atoms with Gasteiger partial charge in [0.2, 0.25) is 5.78 Å². The fourth-order valence-electron chi connectivity index (χ4n) is 2.34. The first-order valence-corrected chi connectivity index (χ1v) is 6.99. The first-order chi connectivity index (χ1) is 10.2. The molecule has 0 aromatic heterocycles. The number of Topliss-reactive ketones (excluding diaryl/α,β-unsaturated/α-hetero) is 1. The molecule has 0 aliphatic carbocycles. The second-order valence-corrected chi connectivity index (χ2v) is 5.00. The van der Waals surface area contributed by atoms with Crippen molar-refractivity contribution in [1.82, 2.24) is 0 Å². The number of carbonyl (C=O) groups is 1. The van der Waals surface area contributed by atoms with Crippen LogP contribution >= 0.6 is 0 Å². The van der Waals surface area contributed by atoms with Gasteiger partial charge in [-0.15, -0.1) is 0 Å². The van der Waals surface area contributed by atoms with Crippen LogP contribution in [0.1, 0.15) is 17.3 Å². The molecule has 0 heterocycles. The molecule has 3 aromatic rings. The summed E-state index contributed by atoms with van der Waals surface area (Å²) in [4.78, 5) is 12.3. The van der Waals surface area contributed by atoms with Crippen LogP contribution < -0.4 is 4.74 Å². The Morgan fingerprint density at radius 1 is 0.857 bits per heavy atom. The summed E-state index contributed by atoms with van der Waals surface area (Å²) in [6.07, 6.45) is -0.506. The van der Waals surface area contributed by atoms with Gasteiger partial charge in [0.05, 0.1) is 0 Å². The standard InChI is InChI=1S/C19H16O2/c1-14(19(20)16-8-3-2-4-9-16)21-18-12-11-15-7-5-6-10-17(15)13-18/h2-14H,1H3. The molecule has 0 radical (unpaired) electrons. The van der Waals surface area contributed by atoms with Gasteiger partial charge < -0.3 is 4.74 Å². The van der Waals surface area contributed by atoms with E-state index < -0.39 is 6.10 Å². The van der Waals surface area contributed by atoms with Crippen molar-refractivity contribution in [2.75, 3.05) is 0 Å². The molecule has 3 aromatic carbocycles. The molecule has 0 aliphatic heterocycles. The summed E-state index contributed by atoms with van der Waals surface area (Å²) >= 11 is 0. The number of fused-ring (bicyclic) bond motifs is 1. The molecule has 0 aliphatic rings. The van der Waals surface area contributed by atoms with Crippen molar-refractivity contribution in [3.05, 3.63) is 78.4 Å². The Morgan fingerprint density at radius 2 is 1.52 bits per heavy atom. The van der Waals surface area contributed by atoms with E-state index in [4.69, 9.17) is 4.74 Å². The quantitative estimate of drug-likeness (QED) is 0.656. The molecular weight excluding hydrogens is 260 g/mol. The van der Waals surface area contributed by atoms with Gasteiger partial charge in [-0.05, 0) is 29.8 Å². The van der Waals surface area contributed by atoms with Crippen molar-refractivity contribution >= 4 is 16.6 Å². The van der Waals surface area contributed by atoms with E-state index in [0.29, 0.717) is 11.3 Å². The first kappa shape index (κ1) is 13.4. The summed E-state index contributed by atoms with van der Waals surface area (Å²) in [6, 6.07) is 23.2. The summed E-state index contributed by atoms with van der Waals surface area (Å²) in [5.41, 5.74) is 0.672. The van der Waals surface area contributed by atoms with Gasteiger partial charge >= 0.3 is 0 Å². The Labute approximate surface area is 124 Å². The lowest BCUT2D eigenvalue weighted by Crippen LogP contribution is -2.23. The van der Waals surface area contributed by atoms with E-state index in [9.17, 15) is 4.79 Å². The third-order valence-electron chi connectivity index (χ3n) is 3.46. The number of ether oxygens (including phenoxy) is 1. The first-order valence-electron chi connectivity index (χ1n) is 6.99. The molecule has 1 unspecified atom stereocenters. The monoisotopic (exact) mass is 276 g/mol. The van der Waals surface area contributed by atoms with Crippen LogP contribution in [0, 0.1) is 0 Å². The largest absolute Gasteiger partial charge is 0.483 e. The molecule has 0 amide bonds. The summed E-state index contributed by atoms with van der Waals surface area (Å²) in [6.45, 7) is 1.78. The van der Waals surface area contributed by atoms with E-state index in [1.807, 2.05) is 66.7 Å². The van der Waals surface area contributed by atoms with Crippen molar-refractivity contribution in [2.24, 2.45) is 0 Å². The van der Waals surface area contributed by atoms with Gasteiger partial charge in [-0.25, -0.2) is 0 Å². The number of carbonyl (C=O) groups excluding carboxylic acids is 1. The third kappa shape index (κ3) is 2.95. The number of hydrogen-bond acceptors (Lipinski definition) is 2. The van der Waals surface area contributed by atoms with Crippen molar-refractivity contribution in [3.8, 4) is 5.75 Å². The summed E-state index contributed by atoms with van der Waals surface area (Å²) in [7, 11) is 0. The van der Waals surface area contributed by atoms with Gasteiger partial charge in [-0.1, -0.05) is 60.7 Å². The molecule has 21 heavy (non-hydrogen) atoms. The minimum atomic E-state index is -0.506. The average molecular weight is 276 g/mol. The van der Waals surface area contributed by atoms with Crippen LogP contribution in [-0.2, 0) is 0 Å². The number of rotatable bonds is 4. The molecule has 3 rings (SSSR count). The number of benzene rings is 3. The second kappa shape index (κ2) is 5.80. The lowest BCUT2D eigenvalue weighted by molar-refractivity contribution is 0.0818. The highest BCUT2D eigenvalue weighted by Crippen LogP contribution is 2.22. The predicted octanol–water partition coefficient (Wildman–Crippen LogP) is 4.49. The van der Waals surface area contributed by atoms with Gasteiger partial charge in [0.15, 0.2) is 6.10 Å². The molecule has 0 bridgehead atoms. The van der Waals surface area contributed by atoms with Crippen molar-refractivity contribution < 1.29 is 9.53 Å². The predicted molar refractivity (Wildman–Crippen MR) is 84.8 cm³/mol. The molecule has 0 saturated heterocycles. The summed E-state index contributed by atoms with van der Waals surface area (Å²) in [5, 5.41) is 2.27. The lowest BCUT2D eigenvalue weighted by atomic mass is 10.1. The average Bonchev–Trinajstić information content (AvgIpc) is 2.55. The van der Waals surface area contributed by atoms with E-state index in [0.717, 1.165) is 10.8 Å². The SMILES string of the molecule is CC(Oc1ccc2ccccc2c1)C(=O)c1ccccc1. The molecule has 0 fully saturated rings. The number of ketones is 1. The fourth-order valence-corrected chi connectivity index (χ4v) is 2.34. The van der Waals surface area contributed by atoms with E-state index in [1.54, 1.807) is 6.92 Å². The van der Waals surface area contributed by atoms with Crippen LogP contribution in [0.3, 0.4) is 0 Å². The highest BCUT2D eigenvalue weighted by Gasteiger charge is 2.16. The number of hydrogen-bond donors (Lipinski definition) is 0. The van der Waals surface area contributed by atoms with E-state index in [2.05, 4.69) is 6.07 Å². The van der Waals surface area contributed by atoms with Crippen LogP contribution in [0.15, 0.2) is 72.8 Å². The third-order valence-corrected chi connectivity index (χ3v) is 3.46. The molecule has 104 valence electrons. The smallest absolute Gasteiger partial charge is 0.202 e. The highest BCUT2D eigenvalue weighted by atomic mass is 16.5. The van der Waals surface area contributed by atoms with E-state index >= 15 is 0 Å². The summed E-state index contributed by atoms with van der Waals surface area (Å²) in [5.74, 6) is 0.703. The zero-order chi connectivity index (χ0) is 14.7. The molecule has 1 atom stereocenters. The van der Waals surface area contributed by atoms with Crippen molar-refractivity contribution in [3.63, 3.8) is 0 Å². The molecule has 0 spiro atoms. The molecular formula is C19H16O2. The van der Waals surface area contributed by atoms with E-state index in [1.165, 1.54) is 0 Å². The van der Waals surface area contributed by atoms with Gasteiger partial charge in [-0.2, -0.15) is 0 Å². The maximum atomic E-state index is 12.3. The second-order valence-electron chi connectivity index (χ2n) is 5.00. The van der Waals surface area contributed by atoms with Gasteiger partial charge in [0, 0.05) is 5.56 Å². The van der Waals surface area contributed by atoms with Gasteiger partial charge in [0.1, 0.15) is 5.75 Å². The Kier molecular flexibility index (Phi) is 3.69. The lowest BCUT2D eigenvalue weighted by Gasteiger charge is -2.14. The van der Waals surface area contributed by atoms with E-state index in [-0.39, 0.29) is 5.78 Å². The minimum absolute atomic E-state index is 0.0104. The molecule has 2 heteroatoms. The van der Waals surface area contributed by atoms with Crippen LogP contribution in [0.2, 0.25) is 0 Å². The molecule has 2 nitrogen and oxygen atoms in total. The Hall–Kier alpha value is -2.61. The van der Waals surface area contributed by atoms with Crippen molar-refractivity contribution in [2.45, 2.75) is 13.0 Å². The van der Waals surface area contributed by atoms with Crippen LogP contribution in [0.4, 0.5) is 0 Å². The van der Waals surface area contributed by atoms with Gasteiger partial charge in [-0.3, -0.25) is 4.79 Å².